The molecule has 0 saturated heterocycles. The summed E-state index contributed by atoms with van der Waals surface area (Å²) in [5.74, 6) is 0.998. The van der Waals surface area contributed by atoms with Crippen LogP contribution in [0.2, 0.25) is 0 Å². The van der Waals surface area contributed by atoms with Gasteiger partial charge in [0.2, 0.25) is 5.91 Å². The van der Waals surface area contributed by atoms with Gasteiger partial charge in [0.05, 0.1) is 12.3 Å². The number of nitrogens with one attached hydrogen (secondary N) is 1. The van der Waals surface area contributed by atoms with Crippen molar-refractivity contribution in [3.05, 3.63) is 77.0 Å². The Balaban J connectivity index is 1.52. The van der Waals surface area contributed by atoms with Gasteiger partial charge < -0.3 is 10.2 Å². The fourth-order valence-electron chi connectivity index (χ4n) is 3.07. The number of thioether (sulfide) groups is 1. The van der Waals surface area contributed by atoms with Gasteiger partial charge in [-0.2, -0.15) is 11.3 Å². The number of aromatic nitrogens is 3. The second-order valence-electron chi connectivity index (χ2n) is 7.17. The molecule has 0 aliphatic rings. The van der Waals surface area contributed by atoms with Crippen molar-refractivity contribution < 1.29 is 4.79 Å². The Labute approximate surface area is 189 Å². The number of amides is 1. The van der Waals surface area contributed by atoms with E-state index in [1.54, 1.807) is 11.3 Å². The molecule has 0 aliphatic carbocycles. The zero-order valence-electron chi connectivity index (χ0n) is 17.4. The van der Waals surface area contributed by atoms with Crippen molar-refractivity contribution in [2.45, 2.75) is 11.7 Å². The molecule has 0 atom stereocenters. The Kier molecular flexibility index (Phi) is 6.69. The van der Waals surface area contributed by atoms with E-state index in [-0.39, 0.29) is 11.7 Å². The Morgan fingerprint density at radius 1 is 1.06 bits per heavy atom. The lowest BCUT2D eigenvalue weighted by molar-refractivity contribution is -0.113. The SMILES string of the molecule is CN(C)c1ccc(Cn2c(SCC(=O)Nc3ccccc3)nnc2-c2ccsc2)cc1. The predicted molar refractivity (Wildman–Crippen MR) is 129 cm³/mol. The molecule has 0 radical (unpaired) electrons. The highest BCUT2D eigenvalue weighted by Gasteiger charge is 2.16. The van der Waals surface area contributed by atoms with Crippen LogP contribution in [0.3, 0.4) is 0 Å². The second kappa shape index (κ2) is 9.80. The molecule has 1 amide bonds. The average Bonchev–Trinajstić information content (AvgIpc) is 3.43. The summed E-state index contributed by atoms with van der Waals surface area (Å²) in [6.45, 7) is 0.633. The summed E-state index contributed by atoms with van der Waals surface area (Å²) >= 11 is 3.02. The van der Waals surface area contributed by atoms with E-state index in [2.05, 4.69) is 54.6 Å². The van der Waals surface area contributed by atoms with E-state index in [1.807, 2.05) is 55.9 Å². The zero-order chi connectivity index (χ0) is 21.6. The number of hydrogen-bond donors (Lipinski definition) is 1. The standard InChI is InChI=1S/C23H23N5OS2/c1-27(2)20-10-8-17(9-11-20)14-28-22(18-12-13-30-15-18)25-26-23(28)31-16-21(29)24-19-6-4-3-5-7-19/h3-13,15H,14,16H2,1-2H3,(H,24,29). The fourth-order valence-corrected chi connectivity index (χ4v) is 4.45. The summed E-state index contributed by atoms with van der Waals surface area (Å²) in [5, 5.41) is 16.5. The van der Waals surface area contributed by atoms with Crippen LogP contribution in [0, 0.1) is 0 Å². The Bertz CT molecular complexity index is 1120. The van der Waals surface area contributed by atoms with E-state index < -0.39 is 0 Å². The zero-order valence-corrected chi connectivity index (χ0v) is 19.0. The van der Waals surface area contributed by atoms with Gasteiger partial charge in [-0.15, -0.1) is 10.2 Å². The van der Waals surface area contributed by atoms with Crippen molar-refractivity contribution in [3.8, 4) is 11.4 Å². The van der Waals surface area contributed by atoms with Crippen LogP contribution in [-0.4, -0.2) is 40.5 Å². The Morgan fingerprint density at radius 3 is 2.52 bits per heavy atom. The van der Waals surface area contributed by atoms with Gasteiger partial charge in [0.1, 0.15) is 0 Å². The van der Waals surface area contributed by atoms with Crippen LogP contribution in [0.5, 0.6) is 0 Å². The molecule has 1 N–H and O–H groups in total. The van der Waals surface area contributed by atoms with Gasteiger partial charge >= 0.3 is 0 Å². The van der Waals surface area contributed by atoms with Crippen LogP contribution >= 0.6 is 23.1 Å². The van der Waals surface area contributed by atoms with E-state index in [0.29, 0.717) is 6.54 Å². The van der Waals surface area contributed by atoms with Crippen LogP contribution in [-0.2, 0) is 11.3 Å². The van der Waals surface area contributed by atoms with Gasteiger partial charge in [-0.1, -0.05) is 42.1 Å². The number of benzene rings is 2. The third-order valence-electron chi connectivity index (χ3n) is 4.68. The number of carbonyl (C=O) groups is 1. The van der Waals surface area contributed by atoms with Gasteiger partial charge in [0, 0.05) is 36.4 Å². The summed E-state index contributed by atoms with van der Waals surface area (Å²) in [6, 6.07) is 19.9. The first-order valence-electron chi connectivity index (χ1n) is 9.80. The molecule has 0 fully saturated rings. The minimum atomic E-state index is -0.0711. The summed E-state index contributed by atoms with van der Waals surface area (Å²) in [6.07, 6.45) is 0. The topological polar surface area (TPSA) is 63.1 Å². The summed E-state index contributed by atoms with van der Waals surface area (Å²) in [7, 11) is 4.05. The van der Waals surface area contributed by atoms with Gasteiger partial charge in [-0.3, -0.25) is 9.36 Å². The highest BCUT2D eigenvalue weighted by molar-refractivity contribution is 7.99. The Morgan fingerprint density at radius 2 is 1.84 bits per heavy atom. The third kappa shape index (κ3) is 5.34. The molecule has 6 nitrogen and oxygen atoms in total. The molecule has 4 aromatic rings. The minimum Gasteiger partial charge on any atom is -0.378 e. The summed E-state index contributed by atoms with van der Waals surface area (Å²) in [5.41, 5.74) is 4.12. The number of rotatable bonds is 8. The van der Waals surface area contributed by atoms with Crippen LogP contribution in [0.15, 0.2) is 76.6 Å². The van der Waals surface area contributed by atoms with Crippen molar-refractivity contribution in [2.75, 3.05) is 30.1 Å². The number of carbonyl (C=O) groups excluding carboxylic acids is 1. The van der Waals surface area contributed by atoms with Crippen molar-refractivity contribution >= 4 is 40.4 Å². The number of para-hydroxylation sites is 1. The Hall–Kier alpha value is -3.10. The first-order valence-corrected chi connectivity index (χ1v) is 11.7. The molecule has 0 unspecified atom stereocenters. The molecule has 0 spiro atoms. The number of nitrogens with zero attached hydrogens (tertiary/aromatic N) is 4. The minimum absolute atomic E-state index is 0.0711. The van der Waals surface area contributed by atoms with Gasteiger partial charge in [-0.25, -0.2) is 0 Å². The maximum absolute atomic E-state index is 12.4. The maximum Gasteiger partial charge on any atom is 0.234 e. The highest BCUT2D eigenvalue weighted by Crippen LogP contribution is 2.27. The molecule has 0 aliphatic heterocycles. The van der Waals surface area contributed by atoms with Crippen molar-refractivity contribution in [2.24, 2.45) is 0 Å². The van der Waals surface area contributed by atoms with Crippen molar-refractivity contribution in [3.63, 3.8) is 0 Å². The van der Waals surface area contributed by atoms with Gasteiger partial charge in [-0.05, 0) is 41.3 Å². The normalized spacial score (nSPS) is 10.8. The van der Waals surface area contributed by atoms with Crippen molar-refractivity contribution in [1.82, 2.24) is 14.8 Å². The number of anilines is 2. The molecule has 158 valence electrons. The molecule has 0 bridgehead atoms. The fraction of sp³-hybridized carbons (Fsp3) is 0.174. The van der Waals surface area contributed by atoms with Gasteiger partial charge in [0.25, 0.3) is 0 Å². The monoisotopic (exact) mass is 449 g/mol. The van der Waals surface area contributed by atoms with E-state index in [9.17, 15) is 4.79 Å². The van der Waals surface area contributed by atoms with Crippen molar-refractivity contribution in [1.29, 1.82) is 0 Å². The van der Waals surface area contributed by atoms with E-state index >= 15 is 0 Å². The van der Waals surface area contributed by atoms with Crippen LogP contribution in [0.25, 0.3) is 11.4 Å². The first kappa shape index (κ1) is 21.1. The first-order chi connectivity index (χ1) is 15.1. The van der Waals surface area contributed by atoms with E-state index in [0.717, 1.165) is 33.5 Å². The molecule has 0 saturated carbocycles. The summed E-state index contributed by atoms with van der Waals surface area (Å²) < 4.78 is 2.08. The van der Waals surface area contributed by atoms with Gasteiger partial charge in [0.15, 0.2) is 11.0 Å². The molecule has 4 rings (SSSR count). The van der Waals surface area contributed by atoms with Crippen LogP contribution < -0.4 is 10.2 Å². The highest BCUT2D eigenvalue weighted by atomic mass is 32.2. The predicted octanol–water partition coefficient (Wildman–Crippen LogP) is 4.85. The van der Waals surface area contributed by atoms with Crippen LogP contribution in [0.1, 0.15) is 5.56 Å². The molecular formula is C23H23N5OS2. The number of thiophene rings is 1. The molecule has 8 heteroatoms. The lowest BCUT2D eigenvalue weighted by Gasteiger charge is -2.14. The van der Waals surface area contributed by atoms with E-state index in [1.165, 1.54) is 11.8 Å². The van der Waals surface area contributed by atoms with E-state index in [4.69, 9.17) is 0 Å². The largest absolute Gasteiger partial charge is 0.378 e. The smallest absolute Gasteiger partial charge is 0.234 e. The molecule has 31 heavy (non-hydrogen) atoms. The quantitative estimate of drug-likeness (QED) is 0.390. The molecule has 2 aromatic carbocycles. The summed E-state index contributed by atoms with van der Waals surface area (Å²) in [4.78, 5) is 14.5. The molecular weight excluding hydrogens is 426 g/mol. The number of hydrogen-bond acceptors (Lipinski definition) is 6. The third-order valence-corrected chi connectivity index (χ3v) is 6.33. The molecule has 2 aromatic heterocycles. The second-order valence-corrected chi connectivity index (χ2v) is 8.89. The van der Waals surface area contributed by atoms with Crippen LogP contribution in [0.4, 0.5) is 11.4 Å². The molecule has 2 heterocycles. The maximum atomic E-state index is 12.4. The lowest BCUT2D eigenvalue weighted by Crippen LogP contribution is -2.14. The average molecular weight is 450 g/mol. The lowest BCUT2D eigenvalue weighted by atomic mass is 10.2.